The second kappa shape index (κ2) is 8.32. The summed E-state index contributed by atoms with van der Waals surface area (Å²) in [6.45, 7) is 0.732. The predicted molar refractivity (Wildman–Crippen MR) is 90.3 cm³/mol. The maximum atomic E-state index is 11.9. The van der Waals surface area contributed by atoms with Gasteiger partial charge in [0.2, 0.25) is 0 Å². The SMILES string of the molecule is COCCNC(=O)C(C#N)=Cc1ccc(-c2ccc(Br)cc2)o1. The van der Waals surface area contributed by atoms with Gasteiger partial charge in [0.1, 0.15) is 23.2 Å². The number of benzene rings is 1. The number of hydrogen-bond donors (Lipinski definition) is 1. The fraction of sp³-hybridized carbons (Fsp3) is 0.176. The number of carbonyl (C=O) groups excluding carboxylic acids is 1. The molecule has 0 fully saturated rings. The van der Waals surface area contributed by atoms with E-state index >= 15 is 0 Å². The molecule has 23 heavy (non-hydrogen) atoms. The van der Waals surface area contributed by atoms with Crippen LogP contribution in [0.4, 0.5) is 0 Å². The fourth-order valence-electron chi connectivity index (χ4n) is 1.85. The van der Waals surface area contributed by atoms with E-state index in [1.807, 2.05) is 30.3 Å². The molecule has 1 heterocycles. The van der Waals surface area contributed by atoms with Crippen LogP contribution in [0, 0.1) is 11.3 Å². The van der Waals surface area contributed by atoms with Crippen LogP contribution in [0.5, 0.6) is 0 Å². The third-order valence-corrected chi connectivity index (χ3v) is 3.53. The molecule has 0 aliphatic rings. The number of nitrogens with one attached hydrogen (secondary N) is 1. The smallest absolute Gasteiger partial charge is 0.262 e. The van der Waals surface area contributed by atoms with Gasteiger partial charge >= 0.3 is 0 Å². The van der Waals surface area contributed by atoms with Gasteiger partial charge in [0.05, 0.1) is 6.61 Å². The molecule has 5 nitrogen and oxygen atoms in total. The lowest BCUT2D eigenvalue weighted by Gasteiger charge is -2.02. The maximum Gasteiger partial charge on any atom is 0.262 e. The number of methoxy groups -OCH3 is 1. The lowest BCUT2D eigenvalue weighted by Crippen LogP contribution is -2.27. The molecule has 2 rings (SSSR count). The first-order chi connectivity index (χ1) is 11.1. The zero-order valence-electron chi connectivity index (χ0n) is 12.5. The molecule has 118 valence electrons. The van der Waals surface area contributed by atoms with Crippen molar-refractivity contribution in [3.63, 3.8) is 0 Å². The Morgan fingerprint density at radius 3 is 2.74 bits per heavy atom. The second-order valence-electron chi connectivity index (χ2n) is 4.63. The summed E-state index contributed by atoms with van der Waals surface area (Å²) in [6.07, 6.45) is 1.42. The van der Waals surface area contributed by atoms with Gasteiger partial charge in [-0.1, -0.05) is 28.1 Å². The van der Waals surface area contributed by atoms with Crippen molar-refractivity contribution in [1.29, 1.82) is 5.26 Å². The molecule has 0 spiro atoms. The van der Waals surface area contributed by atoms with Gasteiger partial charge in [-0.3, -0.25) is 4.79 Å². The van der Waals surface area contributed by atoms with Crippen molar-refractivity contribution in [3.05, 3.63) is 52.2 Å². The lowest BCUT2D eigenvalue weighted by molar-refractivity contribution is -0.117. The van der Waals surface area contributed by atoms with Crippen LogP contribution < -0.4 is 5.32 Å². The van der Waals surface area contributed by atoms with Crippen LogP contribution in [0.1, 0.15) is 5.76 Å². The van der Waals surface area contributed by atoms with E-state index in [4.69, 9.17) is 14.4 Å². The largest absolute Gasteiger partial charge is 0.457 e. The van der Waals surface area contributed by atoms with Gasteiger partial charge in [-0.15, -0.1) is 0 Å². The van der Waals surface area contributed by atoms with Crippen LogP contribution in [-0.4, -0.2) is 26.2 Å². The summed E-state index contributed by atoms with van der Waals surface area (Å²) in [7, 11) is 1.54. The summed E-state index contributed by atoms with van der Waals surface area (Å²) < 4.78 is 11.5. The van der Waals surface area contributed by atoms with Crippen LogP contribution in [0.25, 0.3) is 17.4 Å². The van der Waals surface area contributed by atoms with Crippen molar-refractivity contribution < 1.29 is 13.9 Å². The van der Waals surface area contributed by atoms with E-state index in [1.165, 1.54) is 6.08 Å². The van der Waals surface area contributed by atoms with E-state index < -0.39 is 5.91 Å². The standard InChI is InChI=1S/C17H15BrN2O3/c1-22-9-8-20-17(21)13(11-19)10-15-6-7-16(23-15)12-2-4-14(18)5-3-12/h2-7,10H,8-9H2,1H3,(H,20,21). The number of rotatable bonds is 6. The van der Waals surface area contributed by atoms with Crippen molar-refractivity contribution >= 4 is 27.9 Å². The zero-order chi connectivity index (χ0) is 16.7. The molecule has 1 N–H and O–H groups in total. The predicted octanol–water partition coefficient (Wildman–Crippen LogP) is 3.38. The Hall–Kier alpha value is -2.36. The normalized spacial score (nSPS) is 11.1. The number of nitriles is 1. The first-order valence-corrected chi connectivity index (χ1v) is 7.68. The van der Waals surface area contributed by atoms with E-state index in [9.17, 15) is 4.79 Å². The highest BCUT2D eigenvalue weighted by Crippen LogP contribution is 2.24. The van der Waals surface area contributed by atoms with Gasteiger partial charge in [-0.05, 0) is 24.3 Å². The average Bonchev–Trinajstić information content (AvgIpc) is 3.02. The monoisotopic (exact) mass is 374 g/mol. The lowest BCUT2D eigenvalue weighted by atomic mass is 10.2. The molecule has 0 unspecified atom stereocenters. The second-order valence-corrected chi connectivity index (χ2v) is 5.54. The summed E-state index contributed by atoms with van der Waals surface area (Å²) in [5.74, 6) is 0.660. The van der Waals surface area contributed by atoms with Crippen LogP contribution in [0.3, 0.4) is 0 Å². The highest BCUT2D eigenvalue weighted by Gasteiger charge is 2.10. The molecule has 0 saturated carbocycles. The third-order valence-electron chi connectivity index (χ3n) is 3.00. The van der Waals surface area contributed by atoms with E-state index in [-0.39, 0.29) is 5.57 Å². The van der Waals surface area contributed by atoms with Gasteiger partial charge in [-0.2, -0.15) is 5.26 Å². The fourth-order valence-corrected chi connectivity index (χ4v) is 2.12. The molecule has 6 heteroatoms. The van der Waals surface area contributed by atoms with E-state index in [2.05, 4.69) is 21.2 Å². The van der Waals surface area contributed by atoms with Crippen LogP contribution in [0.2, 0.25) is 0 Å². The molecule has 0 atom stereocenters. The Morgan fingerprint density at radius 1 is 1.35 bits per heavy atom. The minimum Gasteiger partial charge on any atom is -0.457 e. The Morgan fingerprint density at radius 2 is 2.09 bits per heavy atom. The number of furan rings is 1. The number of ether oxygens (including phenoxy) is 1. The summed E-state index contributed by atoms with van der Waals surface area (Å²) in [5, 5.41) is 11.7. The molecule has 0 bridgehead atoms. The number of amides is 1. The van der Waals surface area contributed by atoms with Crippen molar-refractivity contribution in [2.75, 3.05) is 20.3 Å². The van der Waals surface area contributed by atoms with E-state index in [1.54, 1.807) is 19.2 Å². The molecule has 1 aromatic carbocycles. The average molecular weight is 375 g/mol. The summed E-state index contributed by atoms with van der Waals surface area (Å²) in [4.78, 5) is 11.9. The van der Waals surface area contributed by atoms with Crippen molar-refractivity contribution in [2.24, 2.45) is 0 Å². The molecular formula is C17H15BrN2O3. The Kier molecular flexibility index (Phi) is 6.15. The van der Waals surface area contributed by atoms with Gasteiger partial charge in [0.25, 0.3) is 5.91 Å². The molecule has 0 aliphatic heterocycles. The molecule has 2 aromatic rings. The molecule has 0 aliphatic carbocycles. The topological polar surface area (TPSA) is 75.3 Å². The number of halogens is 1. The van der Waals surface area contributed by atoms with Gasteiger partial charge < -0.3 is 14.5 Å². The number of nitrogens with zero attached hydrogens (tertiary/aromatic N) is 1. The summed E-state index contributed by atoms with van der Waals surface area (Å²) in [5.41, 5.74) is 0.897. The first-order valence-electron chi connectivity index (χ1n) is 6.88. The minimum absolute atomic E-state index is 0.0159. The van der Waals surface area contributed by atoms with Gasteiger partial charge in [-0.25, -0.2) is 0 Å². The minimum atomic E-state index is -0.453. The first kappa shape index (κ1) is 17.0. The van der Waals surface area contributed by atoms with E-state index in [0.717, 1.165) is 10.0 Å². The van der Waals surface area contributed by atoms with Crippen molar-refractivity contribution in [3.8, 4) is 17.4 Å². The third kappa shape index (κ3) is 4.81. The van der Waals surface area contributed by atoms with Crippen molar-refractivity contribution in [2.45, 2.75) is 0 Å². The Labute approximate surface area is 142 Å². The highest BCUT2D eigenvalue weighted by atomic mass is 79.9. The molecule has 1 aromatic heterocycles. The van der Waals surface area contributed by atoms with Crippen LogP contribution >= 0.6 is 15.9 Å². The van der Waals surface area contributed by atoms with Gasteiger partial charge in [0, 0.05) is 29.8 Å². The zero-order valence-corrected chi connectivity index (χ0v) is 14.1. The van der Waals surface area contributed by atoms with Crippen molar-refractivity contribution in [1.82, 2.24) is 5.32 Å². The Balaban J connectivity index is 2.13. The number of hydrogen-bond acceptors (Lipinski definition) is 4. The van der Waals surface area contributed by atoms with E-state index in [0.29, 0.717) is 24.7 Å². The summed E-state index contributed by atoms with van der Waals surface area (Å²) in [6, 6.07) is 13.1. The molecular weight excluding hydrogens is 360 g/mol. The molecule has 0 radical (unpaired) electrons. The molecule has 0 saturated heterocycles. The van der Waals surface area contributed by atoms with Crippen LogP contribution in [-0.2, 0) is 9.53 Å². The molecule has 1 amide bonds. The van der Waals surface area contributed by atoms with Crippen LogP contribution in [0.15, 0.2) is 50.9 Å². The maximum absolute atomic E-state index is 11.9. The van der Waals surface area contributed by atoms with Gasteiger partial charge in [0.15, 0.2) is 0 Å². The Bertz CT molecular complexity index is 742. The summed E-state index contributed by atoms with van der Waals surface area (Å²) >= 11 is 3.38. The number of carbonyl (C=O) groups is 1. The highest BCUT2D eigenvalue weighted by molar-refractivity contribution is 9.10. The quantitative estimate of drug-likeness (QED) is 0.477.